The van der Waals surface area contributed by atoms with Crippen LogP contribution in [0, 0.1) is 10.1 Å². The van der Waals surface area contributed by atoms with E-state index in [9.17, 15) is 14.9 Å². The number of benzene rings is 2. The van der Waals surface area contributed by atoms with E-state index in [4.69, 9.17) is 4.74 Å². The summed E-state index contributed by atoms with van der Waals surface area (Å²) in [6, 6.07) is 12.9. The maximum atomic E-state index is 11.8. The average Bonchev–Trinajstić information content (AvgIpc) is 2.47. The number of amides is 1. The Kier molecular flexibility index (Phi) is 4.64. The number of non-ortho nitro benzene ring substituents is 1. The van der Waals surface area contributed by atoms with Crippen molar-refractivity contribution in [3.63, 3.8) is 0 Å². The maximum Gasteiger partial charge on any atom is 0.417 e. The molecule has 0 aliphatic carbocycles. The van der Waals surface area contributed by atoms with Gasteiger partial charge >= 0.3 is 6.09 Å². The van der Waals surface area contributed by atoms with Gasteiger partial charge in [-0.3, -0.25) is 15.4 Å². The standard InChI is InChI=1S/C17H18N2O4/c1-17(2,3)12-7-9-15(10-8-12)23-16(20)18-13-5-4-6-14(11-13)19(21)22/h4-11H,1-3H3,(H,18,20). The zero-order chi connectivity index (χ0) is 17.0. The fraction of sp³-hybridized carbons (Fsp3) is 0.235. The number of ether oxygens (including phenoxy) is 1. The van der Waals surface area contributed by atoms with Crippen molar-refractivity contribution in [1.82, 2.24) is 0 Å². The fourth-order valence-electron chi connectivity index (χ4n) is 1.97. The Bertz CT molecular complexity index is 718. The van der Waals surface area contributed by atoms with Gasteiger partial charge in [0.05, 0.1) is 10.6 Å². The van der Waals surface area contributed by atoms with Crippen LogP contribution in [0.3, 0.4) is 0 Å². The largest absolute Gasteiger partial charge is 0.417 e. The monoisotopic (exact) mass is 314 g/mol. The second kappa shape index (κ2) is 6.48. The Morgan fingerprint density at radius 1 is 1.13 bits per heavy atom. The Morgan fingerprint density at radius 3 is 2.35 bits per heavy atom. The summed E-state index contributed by atoms with van der Waals surface area (Å²) in [5, 5.41) is 13.2. The van der Waals surface area contributed by atoms with Crippen LogP contribution in [0.4, 0.5) is 16.2 Å². The summed E-state index contributed by atoms with van der Waals surface area (Å²) in [7, 11) is 0. The quantitative estimate of drug-likeness (QED) is 0.668. The van der Waals surface area contributed by atoms with Crippen LogP contribution in [0.5, 0.6) is 5.75 Å². The van der Waals surface area contributed by atoms with Crippen molar-refractivity contribution in [3.8, 4) is 5.75 Å². The van der Waals surface area contributed by atoms with E-state index < -0.39 is 11.0 Å². The number of nitrogens with zero attached hydrogens (tertiary/aromatic N) is 1. The number of nitro benzene ring substituents is 1. The summed E-state index contributed by atoms with van der Waals surface area (Å²) in [4.78, 5) is 22.0. The predicted molar refractivity (Wildman–Crippen MR) is 87.9 cm³/mol. The third-order valence-corrected chi connectivity index (χ3v) is 3.23. The van der Waals surface area contributed by atoms with E-state index in [0.717, 1.165) is 5.56 Å². The van der Waals surface area contributed by atoms with Gasteiger partial charge in [-0.15, -0.1) is 0 Å². The minimum absolute atomic E-state index is 0.0176. The van der Waals surface area contributed by atoms with E-state index in [-0.39, 0.29) is 11.1 Å². The summed E-state index contributed by atoms with van der Waals surface area (Å²) in [5.74, 6) is 0.404. The molecule has 0 aliphatic heterocycles. The summed E-state index contributed by atoms with van der Waals surface area (Å²) >= 11 is 0. The van der Waals surface area contributed by atoms with Gasteiger partial charge in [-0.25, -0.2) is 4.79 Å². The SMILES string of the molecule is CC(C)(C)c1ccc(OC(=O)Nc2cccc([N+](=O)[O-])c2)cc1. The molecule has 23 heavy (non-hydrogen) atoms. The van der Waals surface area contributed by atoms with Gasteiger partial charge in [-0.05, 0) is 29.2 Å². The number of carbonyl (C=O) groups is 1. The number of hydrogen-bond acceptors (Lipinski definition) is 4. The molecule has 2 rings (SSSR count). The van der Waals surface area contributed by atoms with Gasteiger partial charge in [0, 0.05) is 12.1 Å². The van der Waals surface area contributed by atoms with Crippen molar-refractivity contribution >= 4 is 17.5 Å². The number of nitro groups is 1. The van der Waals surface area contributed by atoms with E-state index in [2.05, 4.69) is 26.1 Å². The first kappa shape index (κ1) is 16.5. The first-order valence-corrected chi connectivity index (χ1v) is 7.09. The van der Waals surface area contributed by atoms with Crippen LogP contribution in [0.1, 0.15) is 26.3 Å². The Balaban J connectivity index is 2.02. The second-order valence-corrected chi connectivity index (χ2v) is 6.10. The van der Waals surface area contributed by atoms with Gasteiger partial charge in [-0.2, -0.15) is 0 Å². The van der Waals surface area contributed by atoms with Crippen LogP contribution in [0.2, 0.25) is 0 Å². The lowest BCUT2D eigenvalue weighted by molar-refractivity contribution is -0.384. The fourth-order valence-corrected chi connectivity index (χ4v) is 1.97. The van der Waals surface area contributed by atoms with Gasteiger partial charge in [0.2, 0.25) is 0 Å². The molecule has 0 fully saturated rings. The number of hydrogen-bond donors (Lipinski definition) is 1. The molecule has 6 nitrogen and oxygen atoms in total. The minimum atomic E-state index is -0.700. The van der Waals surface area contributed by atoms with Gasteiger partial charge in [-0.1, -0.05) is 39.0 Å². The van der Waals surface area contributed by atoms with Crippen LogP contribution in [-0.2, 0) is 5.41 Å². The van der Waals surface area contributed by atoms with Gasteiger partial charge in [0.25, 0.3) is 5.69 Å². The Labute approximate surface area is 134 Å². The molecule has 0 saturated heterocycles. The van der Waals surface area contributed by atoms with Crippen molar-refractivity contribution in [2.45, 2.75) is 26.2 Å². The second-order valence-electron chi connectivity index (χ2n) is 6.10. The predicted octanol–water partition coefficient (Wildman–Crippen LogP) is 4.50. The number of carbonyl (C=O) groups excluding carboxylic acids is 1. The van der Waals surface area contributed by atoms with Crippen molar-refractivity contribution in [1.29, 1.82) is 0 Å². The van der Waals surface area contributed by atoms with Gasteiger partial charge in [0.15, 0.2) is 0 Å². The molecule has 1 N–H and O–H groups in total. The molecule has 1 amide bonds. The van der Waals surface area contributed by atoms with Crippen molar-refractivity contribution in [2.24, 2.45) is 0 Å². The summed E-state index contributed by atoms with van der Waals surface area (Å²) in [6.07, 6.45) is -0.700. The topological polar surface area (TPSA) is 81.5 Å². The Morgan fingerprint density at radius 2 is 1.78 bits per heavy atom. The molecule has 0 spiro atoms. The normalized spacial score (nSPS) is 10.9. The lowest BCUT2D eigenvalue weighted by Gasteiger charge is -2.19. The van der Waals surface area contributed by atoms with Gasteiger partial charge < -0.3 is 4.74 Å². The smallest absolute Gasteiger partial charge is 0.410 e. The molecule has 6 heteroatoms. The van der Waals surface area contributed by atoms with Crippen LogP contribution < -0.4 is 10.1 Å². The zero-order valence-electron chi connectivity index (χ0n) is 13.2. The molecule has 0 heterocycles. The molecule has 0 saturated carbocycles. The minimum Gasteiger partial charge on any atom is -0.410 e. The number of nitrogens with one attached hydrogen (secondary N) is 1. The highest BCUT2D eigenvalue weighted by molar-refractivity contribution is 5.86. The summed E-state index contributed by atoms with van der Waals surface area (Å²) < 4.78 is 5.17. The van der Waals surface area contributed by atoms with E-state index in [1.165, 1.54) is 18.2 Å². The maximum absolute atomic E-state index is 11.8. The Hall–Kier alpha value is -2.89. The van der Waals surface area contributed by atoms with Crippen LogP contribution in [-0.4, -0.2) is 11.0 Å². The molecular weight excluding hydrogens is 296 g/mol. The van der Waals surface area contributed by atoms with Crippen molar-refractivity contribution in [3.05, 3.63) is 64.2 Å². The molecule has 2 aromatic rings. The molecule has 0 aromatic heterocycles. The number of rotatable bonds is 3. The van der Waals surface area contributed by atoms with Gasteiger partial charge in [0.1, 0.15) is 5.75 Å². The molecule has 0 unspecified atom stereocenters. The van der Waals surface area contributed by atoms with Crippen LogP contribution in [0.25, 0.3) is 0 Å². The highest BCUT2D eigenvalue weighted by Crippen LogP contribution is 2.24. The molecule has 120 valence electrons. The molecule has 0 radical (unpaired) electrons. The highest BCUT2D eigenvalue weighted by atomic mass is 16.6. The third-order valence-electron chi connectivity index (χ3n) is 3.23. The van der Waals surface area contributed by atoms with E-state index in [0.29, 0.717) is 11.4 Å². The van der Waals surface area contributed by atoms with Crippen molar-refractivity contribution < 1.29 is 14.5 Å². The van der Waals surface area contributed by atoms with Crippen LogP contribution in [0.15, 0.2) is 48.5 Å². The summed E-state index contributed by atoms with van der Waals surface area (Å²) in [5.41, 5.74) is 1.35. The molecule has 0 bridgehead atoms. The first-order valence-electron chi connectivity index (χ1n) is 7.09. The van der Waals surface area contributed by atoms with E-state index in [1.54, 1.807) is 18.2 Å². The molecule has 2 aromatic carbocycles. The molecule has 0 atom stereocenters. The first-order chi connectivity index (χ1) is 10.8. The average molecular weight is 314 g/mol. The van der Waals surface area contributed by atoms with Crippen molar-refractivity contribution in [2.75, 3.05) is 5.32 Å². The van der Waals surface area contributed by atoms with Crippen LogP contribution >= 0.6 is 0 Å². The summed E-state index contributed by atoms with van der Waals surface area (Å²) in [6.45, 7) is 6.29. The molecule has 0 aliphatic rings. The third kappa shape index (κ3) is 4.54. The lowest BCUT2D eigenvalue weighted by atomic mass is 9.87. The zero-order valence-corrected chi connectivity index (χ0v) is 13.2. The lowest BCUT2D eigenvalue weighted by Crippen LogP contribution is -2.17. The molecular formula is C17H18N2O4. The highest BCUT2D eigenvalue weighted by Gasteiger charge is 2.14. The van der Waals surface area contributed by atoms with E-state index in [1.807, 2.05) is 12.1 Å². The number of anilines is 1. The van der Waals surface area contributed by atoms with E-state index >= 15 is 0 Å².